The molecule has 0 aliphatic heterocycles. The molecule has 26 heavy (non-hydrogen) atoms. The van der Waals surface area contributed by atoms with E-state index in [2.05, 4.69) is 27.3 Å². The minimum absolute atomic E-state index is 0.0312. The monoisotopic (exact) mass is 478 g/mol. The quantitative estimate of drug-likeness (QED) is 0.265. The lowest BCUT2D eigenvalue weighted by Crippen LogP contribution is -2.23. The molecule has 1 saturated carbocycles. The average molecular weight is 478 g/mol. The smallest absolute Gasteiger partial charge is 0.426 e. The van der Waals surface area contributed by atoms with Crippen LogP contribution in [-0.4, -0.2) is 3.92 Å². The van der Waals surface area contributed by atoms with Crippen molar-refractivity contribution < 1.29 is 22.3 Å². The van der Waals surface area contributed by atoms with E-state index >= 15 is 0 Å². The third kappa shape index (κ3) is 4.15. The molecule has 0 saturated heterocycles. The summed E-state index contributed by atoms with van der Waals surface area (Å²) in [5.41, 5.74) is 0.674. The largest absolute Gasteiger partial charge is 0.426 e. The van der Waals surface area contributed by atoms with Crippen molar-refractivity contribution in [2.75, 3.05) is 0 Å². The fraction of sp³-hybridized carbons (Fsp3) is 0.400. The van der Waals surface area contributed by atoms with Crippen molar-refractivity contribution in [3.8, 4) is 5.75 Å². The molecular formula is C20H19F4IO. The molecule has 2 aromatic carbocycles. The van der Waals surface area contributed by atoms with Gasteiger partial charge in [0.05, 0.1) is 5.56 Å². The van der Waals surface area contributed by atoms with Gasteiger partial charge in [0.15, 0.2) is 11.6 Å². The number of halogens is 5. The molecule has 2 aromatic rings. The number of benzene rings is 2. The summed E-state index contributed by atoms with van der Waals surface area (Å²) < 4.78 is 61.3. The Labute approximate surface area is 163 Å². The van der Waals surface area contributed by atoms with Crippen molar-refractivity contribution in [1.29, 1.82) is 0 Å². The van der Waals surface area contributed by atoms with Gasteiger partial charge >= 0.3 is 6.11 Å². The van der Waals surface area contributed by atoms with Crippen LogP contribution in [0.2, 0.25) is 0 Å². The van der Waals surface area contributed by atoms with E-state index in [-0.39, 0.29) is 11.1 Å². The van der Waals surface area contributed by atoms with Gasteiger partial charge < -0.3 is 4.74 Å². The van der Waals surface area contributed by atoms with Crippen LogP contribution in [0, 0.1) is 18.6 Å². The summed E-state index contributed by atoms with van der Waals surface area (Å²) in [6.07, 6.45) is 0.608. The highest BCUT2D eigenvalue weighted by molar-refractivity contribution is 14.1. The summed E-state index contributed by atoms with van der Waals surface area (Å²) >= 11 is 2.45. The van der Waals surface area contributed by atoms with Crippen LogP contribution in [0.3, 0.4) is 0 Å². The van der Waals surface area contributed by atoms with Gasteiger partial charge in [0.1, 0.15) is 0 Å². The zero-order valence-electron chi connectivity index (χ0n) is 14.2. The lowest BCUT2D eigenvalue weighted by molar-refractivity contribution is -0.187. The Kier molecular flexibility index (Phi) is 5.79. The first-order valence-corrected chi connectivity index (χ1v) is 9.78. The lowest BCUT2D eigenvalue weighted by Gasteiger charge is -2.26. The van der Waals surface area contributed by atoms with E-state index in [1.54, 1.807) is 12.1 Å². The maximum Gasteiger partial charge on any atom is 0.426 e. The molecule has 1 fully saturated rings. The average Bonchev–Trinajstić information content (AvgIpc) is 2.63. The molecule has 0 unspecified atom stereocenters. The molecule has 1 aliphatic carbocycles. The van der Waals surface area contributed by atoms with Gasteiger partial charge in [0, 0.05) is 3.92 Å². The molecule has 0 bridgehead atoms. The standard InChI is InChI=1S/C20H19F4IO/c1-12-2-11-17(19(22)18(12)21)26-20(23,24)15-7-3-13(4-8-15)14-5-9-16(25)10-6-14/h2-4,7-8,11,14,16H,5-6,9-10H2,1H3. The minimum Gasteiger partial charge on any atom is -0.426 e. The van der Waals surface area contributed by atoms with Gasteiger partial charge in [-0.25, -0.2) is 4.39 Å². The molecule has 0 spiro atoms. The Morgan fingerprint density at radius 3 is 2.15 bits per heavy atom. The molecule has 0 radical (unpaired) electrons. The van der Waals surface area contributed by atoms with Gasteiger partial charge in [-0.05, 0) is 67.9 Å². The summed E-state index contributed by atoms with van der Waals surface area (Å²) in [5, 5.41) is 0. The van der Waals surface area contributed by atoms with Gasteiger partial charge in [-0.15, -0.1) is 0 Å². The summed E-state index contributed by atoms with van der Waals surface area (Å²) in [6, 6.07) is 8.17. The van der Waals surface area contributed by atoms with E-state index < -0.39 is 23.5 Å². The number of hydrogen-bond acceptors (Lipinski definition) is 1. The predicted molar refractivity (Wildman–Crippen MR) is 101 cm³/mol. The van der Waals surface area contributed by atoms with Crippen LogP contribution in [0.15, 0.2) is 36.4 Å². The molecule has 0 N–H and O–H groups in total. The maximum atomic E-state index is 14.4. The van der Waals surface area contributed by atoms with Crippen LogP contribution in [0.1, 0.15) is 48.3 Å². The highest BCUT2D eigenvalue weighted by Gasteiger charge is 2.36. The van der Waals surface area contributed by atoms with Gasteiger partial charge in [0.2, 0.25) is 5.82 Å². The van der Waals surface area contributed by atoms with E-state index in [0.29, 0.717) is 9.84 Å². The van der Waals surface area contributed by atoms with Crippen LogP contribution in [0.4, 0.5) is 17.6 Å². The van der Waals surface area contributed by atoms with Gasteiger partial charge in [0.25, 0.3) is 0 Å². The number of rotatable bonds is 4. The van der Waals surface area contributed by atoms with Crippen molar-refractivity contribution in [2.45, 2.75) is 48.6 Å². The fourth-order valence-electron chi connectivity index (χ4n) is 3.24. The second kappa shape index (κ2) is 7.74. The van der Waals surface area contributed by atoms with Gasteiger partial charge in [-0.2, -0.15) is 13.2 Å². The van der Waals surface area contributed by atoms with Crippen LogP contribution >= 0.6 is 22.6 Å². The molecule has 0 aromatic heterocycles. The SMILES string of the molecule is Cc1ccc(OC(F)(F)c2ccc(C3CCC(I)CC3)cc2)c(F)c1F. The van der Waals surface area contributed by atoms with Crippen LogP contribution in [0.25, 0.3) is 0 Å². The minimum atomic E-state index is -3.75. The fourth-order valence-corrected chi connectivity index (χ4v) is 3.96. The molecule has 6 heteroatoms. The summed E-state index contributed by atoms with van der Waals surface area (Å²) in [7, 11) is 0. The maximum absolute atomic E-state index is 14.4. The zero-order chi connectivity index (χ0) is 18.9. The summed E-state index contributed by atoms with van der Waals surface area (Å²) in [6.45, 7) is 1.35. The Balaban J connectivity index is 1.76. The van der Waals surface area contributed by atoms with Crippen LogP contribution in [-0.2, 0) is 6.11 Å². The highest BCUT2D eigenvalue weighted by atomic mass is 127. The molecule has 1 aliphatic rings. The van der Waals surface area contributed by atoms with Crippen molar-refractivity contribution in [3.63, 3.8) is 0 Å². The molecule has 0 amide bonds. The van der Waals surface area contributed by atoms with Crippen molar-refractivity contribution >= 4 is 22.6 Å². The summed E-state index contributed by atoms with van der Waals surface area (Å²) in [5.74, 6) is -3.01. The Bertz CT molecular complexity index is 768. The first-order chi connectivity index (χ1) is 12.3. The molecule has 1 nitrogen and oxygen atoms in total. The Morgan fingerprint density at radius 1 is 0.923 bits per heavy atom. The third-order valence-corrected chi connectivity index (χ3v) is 6.10. The number of ether oxygens (including phenoxy) is 1. The van der Waals surface area contributed by atoms with Gasteiger partial charge in [-0.3, -0.25) is 0 Å². The van der Waals surface area contributed by atoms with E-state index in [1.165, 1.54) is 25.1 Å². The first-order valence-electron chi connectivity index (χ1n) is 8.54. The van der Waals surface area contributed by atoms with E-state index in [4.69, 9.17) is 0 Å². The van der Waals surface area contributed by atoms with Gasteiger partial charge in [-0.1, -0.05) is 40.8 Å². The molecular weight excluding hydrogens is 459 g/mol. The molecule has 0 atom stereocenters. The first kappa shape index (κ1) is 19.5. The Morgan fingerprint density at radius 2 is 1.54 bits per heavy atom. The highest BCUT2D eigenvalue weighted by Crippen LogP contribution is 2.38. The normalized spacial score (nSPS) is 20.8. The van der Waals surface area contributed by atoms with E-state index in [0.717, 1.165) is 37.3 Å². The van der Waals surface area contributed by atoms with E-state index in [1.807, 2.05) is 0 Å². The van der Waals surface area contributed by atoms with Crippen LogP contribution in [0.5, 0.6) is 5.75 Å². The van der Waals surface area contributed by atoms with Crippen molar-refractivity contribution in [2.24, 2.45) is 0 Å². The lowest BCUT2D eigenvalue weighted by atomic mass is 9.84. The topological polar surface area (TPSA) is 9.23 Å². The third-order valence-electron chi connectivity index (χ3n) is 4.85. The second-order valence-corrected chi connectivity index (χ2v) is 8.46. The predicted octanol–water partition coefficient (Wildman–Crippen LogP) is 6.86. The zero-order valence-corrected chi connectivity index (χ0v) is 16.4. The van der Waals surface area contributed by atoms with Crippen molar-refractivity contribution in [1.82, 2.24) is 0 Å². The summed E-state index contributed by atoms with van der Waals surface area (Å²) in [4.78, 5) is 0. The molecule has 0 heterocycles. The number of alkyl halides is 3. The van der Waals surface area contributed by atoms with Crippen LogP contribution < -0.4 is 4.74 Å². The van der Waals surface area contributed by atoms with Crippen molar-refractivity contribution in [3.05, 3.63) is 64.7 Å². The Hall–Kier alpha value is -1.31. The van der Waals surface area contributed by atoms with E-state index in [9.17, 15) is 17.6 Å². The molecule has 140 valence electrons. The number of hydrogen-bond donors (Lipinski definition) is 0. The number of aryl methyl sites for hydroxylation is 1. The second-order valence-electron chi connectivity index (χ2n) is 6.70. The molecule has 3 rings (SSSR count).